The van der Waals surface area contributed by atoms with Crippen LogP contribution in [0.3, 0.4) is 0 Å². The lowest BCUT2D eigenvalue weighted by molar-refractivity contribution is 0.0388. The largest absolute Gasteiger partial charge is 0.419 e. The van der Waals surface area contributed by atoms with Gasteiger partial charge in [0, 0.05) is 38.9 Å². The predicted molar refractivity (Wildman–Crippen MR) is 85.7 cm³/mol. The third-order valence-corrected chi connectivity index (χ3v) is 3.87. The number of aryl methyl sites for hydroxylation is 1. The van der Waals surface area contributed by atoms with Crippen molar-refractivity contribution in [1.29, 1.82) is 0 Å². The van der Waals surface area contributed by atoms with Crippen molar-refractivity contribution in [2.45, 2.75) is 0 Å². The minimum Gasteiger partial charge on any atom is -0.408 e. The van der Waals surface area contributed by atoms with Crippen LogP contribution in [0.5, 0.6) is 0 Å². The number of aromatic nitrogens is 1. The van der Waals surface area contributed by atoms with Crippen molar-refractivity contribution in [3.05, 3.63) is 28.7 Å². The number of hydrogen-bond donors (Lipinski definition) is 2. The Morgan fingerprint density at radius 2 is 2.09 bits per heavy atom. The van der Waals surface area contributed by atoms with Crippen LogP contribution in [0.15, 0.2) is 27.4 Å². The molecule has 1 aromatic heterocycles. The molecule has 0 bridgehead atoms. The van der Waals surface area contributed by atoms with Gasteiger partial charge in [0.25, 0.3) is 0 Å². The zero-order valence-electron chi connectivity index (χ0n) is 13.0. The van der Waals surface area contributed by atoms with E-state index in [0.29, 0.717) is 23.3 Å². The van der Waals surface area contributed by atoms with E-state index in [0.717, 1.165) is 32.8 Å². The number of oxazole rings is 1. The highest BCUT2D eigenvalue weighted by atomic mass is 16.5. The van der Waals surface area contributed by atoms with E-state index in [-0.39, 0.29) is 6.03 Å². The van der Waals surface area contributed by atoms with Crippen LogP contribution in [0.25, 0.3) is 11.1 Å². The number of amides is 2. The number of nitrogens with one attached hydrogen (secondary N) is 2. The topological polar surface area (TPSA) is 88.7 Å². The third kappa shape index (κ3) is 3.72. The van der Waals surface area contributed by atoms with Gasteiger partial charge in [-0.25, -0.2) is 9.59 Å². The average Bonchev–Trinajstić information content (AvgIpc) is 2.83. The van der Waals surface area contributed by atoms with Crippen LogP contribution in [-0.2, 0) is 11.8 Å². The number of anilines is 1. The minimum absolute atomic E-state index is 0.272. The van der Waals surface area contributed by atoms with Crippen molar-refractivity contribution in [2.75, 3.05) is 44.7 Å². The van der Waals surface area contributed by atoms with Gasteiger partial charge in [0.15, 0.2) is 5.58 Å². The molecule has 0 atom stereocenters. The fourth-order valence-corrected chi connectivity index (χ4v) is 2.53. The van der Waals surface area contributed by atoms with Gasteiger partial charge in [-0.05, 0) is 18.2 Å². The van der Waals surface area contributed by atoms with Gasteiger partial charge in [-0.15, -0.1) is 0 Å². The smallest absolute Gasteiger partial charge is 0.408 e. The van der Waals surface area contributed by atoms with Crippen molar-refractivity contribution in [3.63, 3.8) is 0 Å². The number of rotatable bonds is 4. The highest BCUT2D eigenvalue weighted by Crippen LogP contribution is 2.17. The quantitative estimate of drug-likeness (QED) is 0.860. The zero-order valence-corrected chi connectivity index (χ0v) is 13.0. The fraction of sp³-hybridized carbons (Fsp3) is 0.467. The van der Waals surface area contributed by atoms with Crippen LogP contribution in [0.4, 0.5) is 10.5 Å². The third-order valence-electron chi connectivity index (χ3n) is 3.87. The summed E-state index contributed by atoms with van der Waals surface area (Å²) in [4.78, 5) is 25.6. The number of hydrogen-bond acceptors (Lipinski definition) is 5. The van der Waals surface area contributed by atoms with Gasteiger partial charge in [0.1, 0.15) is 0 Å². The second-order valence-corrected chi connectivity index (χ2v) is 5.44. The van der Waals surface area contributed by atoms with Crippen molar-refractivity contribution in [3.8, 4) is 0 Å². The molecule has 0 saturated carbocycles. The van der Waals surface area contributed by atoms with Crippen molar-refractivity contribution >= 4 is 22.8 Å². The Morgan fingerprint density at radius 3 is 2.87 bits per heavy atom. The fourth-order valence-electron chi connectivity index (χ4n) is 2.53. The molecule has 0 aliphatic carbocycles. The Hall–Kier alpha value is -2.32. The first-order valence-corrected chi connectivity index (χ1v) is 7.58. The normalized spacial score (nSPS) is 15.7. The summed E-state index contributed by atoms with van der Waals surface area (Å²) in [6, 6.07) is 4.81. The summed E-state index contributed by atoms with van der Waals surface area (Å²) in [5.41, 5.74) is 1.75. The Bertz CT molecular complexity index is 746. The molecule has 8 heteroatoms. The summed E-state index contributed by atoms with van der Waals surface area (Å²) in [5.74, 6) is -0.424. The van der Waals surface area contributed by atoms with E-state index >= 15 is 0 Å². The molecule has 0 spiro atoms. The molecule has 1 aliphatic heterocycles. The molecule has 124 valence electrons. The SMILES string of the molecule is Cn1c(=O)oc2ccc(NC(=O)NCCN3CCOCC3)cc21. The molecule has 2 amide bonds. The van der Waals surface area contributed by atoms with E-state index in [1.54, 1.807) is 25.2 Å². The number of urea groups is 1. The van der Waals surface area contributed by atoms with Crippen LogP contribution in [0.2, 0.25) is 0 Å². The molecule has 1 aliphatic rings. The van der Waals surface area contributed by atoms with Gasteiger partial charge in [0.2, 0.25) is 0 Å². The molecule has 2 heterocycles. The lowest BCUT2D eigenvalue weighted by atomic mass is 10.3. The van der Waals surface area contributed by atoms with Crippen LogP contribution in [-0.4, -0.2) is 54.9 Å². The zero-order chi connectivity index (χ0) is 16.2. The molecule has 1 fully saturated rings. The maximum absolute atomic E-state index is 11.9. The summed E-state index contributed by atoms with van der Waals surface area (Å²) in [6.45, 7) is 4.65. The van der Waals surface area contributed by atoms with Crippen molar-refractivity contribution in [2.24, 2.45) is 7.05 Å². The van der Waals surface area contributed by atoms with Crippen molar-refractivity contribution in [1.82, 2.24) is 14.8 Å². The summed E-state index contributed by atoms with van der Waals surface area (Å²) < 4.78 is 11.7. The van der Waals surface area contributed by atoms with E-state index in [9.17, 15) is 9.59 Å². The Kier molecular flexibility index (Phi) is 4.63. The van der Waals surface area contributed by atoms with E-state index in [2.05, 4.69) is 15.5 Å². The number of morpholine rings is 1. The second kappa shape index (κ2) is 6.84. The van der Waals surface area contributed by atoms with Crippen LogP contribution in [0, 0.1) is 0 Å². The number of carbonyl (C=O) groups is 1. The van der Waals surface area contributed by atoms with E-state index < -0.39 is 5.76 Å². The van der Waals surface area contributed by atoms with Gasteiger partial charge in [-0.3, -0.25) is 9.47 Å². The Labute approximate surface area is 133 Å². The number of ether oxygens (including phenoxy) is 1. The number of fused-ring (bicyclic) bond motifs is 1. The van der Waals surface area contributed by atoms with E-state index in [4.69, 9.17) is 9.15 Å². The maximum Gasteiger partial charge on any atom is 0.419 e. The molecular formula is C15H20N4O4. The second-order valence-electron chi connectivity index (χ2n) is 5.44. The molecule has 8 nitrogen and oxygen atoms in total. The maximum atomic E-state index is 11.9. The summed E-state index contributed by atoms with van der Waals surface area (Å²) in [5, 5.41) is 5.58. The minimum atomic E-state index is -0.424. The first kappa shape index (κ1) is 15.6. The molecule has 1 saturated heterocycles. The average molecular weight is 320 g/mol. The monoisotopic (exact) mass is 320 g/mol. The first-order valence-electron chi connectivity index (χ1n) is 7.58. The number of benzene rings is 1. The summed E-state index contributed by atoms with van der Waals surface area (Å²) >= 11 is 0. The van der Waals surface area contributed by atoms with Gasteiger partial charge in [0.05, 0.1) is 18.7 Å². The van der Waals surface area contributed by atoms with Gasteiger partial charge < -0.3 is 19.8 Å². The molecule has 0 radical (unpaired) electrons. The summed E-state index contributed by atoms with van der Waals surface area (Å²) in [6.07, 6.45) is 0. The predicted octanol–water partition coefficient (Wildman–Crippen LogP) is 0.585. The van der Waals surface area contributed by atoms with Crippen molar-refractivity contribution < 1.29 is 13.9 Å². The number of nitrogens with zero attached hydrogens (tertiary/aromatic N) is 2. The standard InChI is InChI=1S/C15H20N4O4/c1-18-12-10-11(2-3-13(12)23-15(18)21)17-14(20)16-4-5-19-6-8-22-9-7-19/h2-3,10H,4-9H2,1H3,(H2,16,17,20). The van der Waals surface area contributed by atoms with E-state index in [1.165, 1.54) is 4.57 Å². The molecule has 2 aromatic rings. The highest BCUT2D eigenvalue weighted by molar-refractivity contribution is 5.91. The lowest BCUT2D eigenvalue weighted by Gasteiger charge is -2.26. The molecule has 3 rings (SSSR count). The molecular weight excluding hydrogens is 300 g/mol. The molecule has 23 heavy (non-hydrogen) atoms. The van der Waals surface area contributed by atoms with Gasteiger partial charge >= 0.3 is 11.8 Å². The molecule has 2 N–H and O–H groups in total. The lowest BCUT2D eigenvalue weighted by Crippen LogP contribution is -2.42. The van der Waals surface area contributed by atoms with Crippen LogP contribution < -0.4 is 16.4 Å². The molecule has 1 aromatic carbocycles. The van der Waals surface area contributed by atoms with Gasteiger partial charge in [-0.1, -0.05) is 0 Å². The van der Waals surface area contributed by atoms with Crippen LogP contribution >= 0.6 is 0 Å². The molecule has 0 unspecified atom stereocenters. The number of carbonyl (C=O) groups excluding carboxylic acids is 1. The van der Waals surface area contributed by atoms with Crippen LogP contribution in [0.1, 0.15) is 0 Å². The van der Waals surface area contributed by atoms with E-state index in [1.807, 2.05) is 0 Å². The summed E-state index contributed by atoms with van der Waals surface area (Å²) in [7, 11) is 1.63. The highest BCUT2D eigenvalue weighted by Gasteiger charge is 2.11. The first-order chi connectivity index (χ1) is 11.1. The Morgan fingerprint density at radius 1 is 1.30 bits per heavy atom. The van der Waals surface area contributed by atoms with Gasteiger partial charge in [-0.2, -0.15) is 0 Å². The Balaban J connectivity index is 1.53.